The second kappa shape index (κ2) is 9.55. The highest BCUT2D eigenvalue weighted by Crippen LogP contribution is 2.43. The first-order valence-electron chi connectivity index (χ1n) is 12.3. The van der Waals surface area contributed by atoms with Gasteiger partial charge in [-0.1, -0.05) is 72.8 Å². The van der Waals surface area contributed by atoms with Crippen LogP contribution in [0, 0.1) is 11.3 Å². The van der Waals surface area contributed by atoms with Gasteiger partial charge in [-0.15, -0.1) is 0 Å². The molecule has 1 N–H and O–H groups in total. The van der Waals surface area contributed by atoms with Crippen molar-refractivity contribution in [1.29, 1.82) is 5.26 Å². The molecule has 1 saturated heterocycles. The van der Waals surface area contributed by atoms with E-state index in [4.69, 9.17) is 14.4 Å². The molecule has 0 aliphatic carbocycles. The number of para-hydroxylation sites is 2. The first-order chi connectivity index (χ1) is 17.8. The number of hydrogen-bond acceptors (Lipinski definition) is 6. The summed E-state index contributed by atoms with van der Waals surface area (Å²) in [6.07, 6.45) is 3.46. The molecule has 0 saturated carbocycles. The maximum absolute atomic E-state index is 10.3. The number of rotatable bonds is 5. The SMILES string of the molecule is N#Cc1c(Nc2nc3ccccc3nc2N2CCCCC2)oc(-c2ccccc2)c1-c1ccccc1. The Balaban J connectivity index is 1.52. The number of anilines is 3. The molecular weight excluding hydrogens is 446 g/mol. The molecule has 6 nitrogen and oxygen atoms in total. The molecule has 1 aliphatic heterocycles. The Hall–Kier alpha value is -4.63. The topological polar surface area (TPSA) is 78.0 Å². The highest BCUT2D eigenvalue weighted by Gasteiger charge is 2.25. The summed E-state index contributed by atoms with van der Waals surface area (Å²) in [6, 6.07) is 30.0. The number of nitrogens with zero attached hydrogens (tertiary/aromatic N) is 4. The number of fused-ring (bicyclic) bond motifs is 1. The third-order valence-corrected chi connectivity index (χ3v) is 6.56. The van der Waals surface area contributed by atoms with Crippen molar-refractivity contribution in [2.24, 2.45) is 0 Å². The lowest BCUT2D eigenvalue weighted by Crippen LogP contribution is -2.31. The van der Waals surface area contributed by atoms with Gasteiger partial charge in [0.05, 0.1) is 11.0 Å². The molecule has 0 amide bonds. The van der Waals surface area contributed by atoms with Crippen molar-refractivity contribution < 1.29 is 4.42 Å². The minimum Gasteiger partial charge on any atom is -0.438 e. The summed E-state index contributed by atoms with van der Waals surface area (Å²) in [5.41, 5.74) is 4.67. The lowest BCUT2D eigenvalue weighted by atomic mass is 9.98. The van der Waals surface area contributed by atoms with E-state index in [9.17, 15) is 5.26 Å². The number of benzene rings is 3. The lowest BCUT2D eigenvalue weighted by Gasteiger charge is -2.29. The lowest BCUT2D eigenvalue weighted by molar-refractivity contribution is 0.573. The van der Waals surface area contributed by atoms with Crippen LogP contribution in [0.1, 0.15) is 24.8 Å². The zero-order valence-electron chi connectivity index (χ0n) is 19.8. The maximum Gasteiger partial charge on any atom is 0.217 e. The van der Waals surface area contributed by atoms with Crippen LogP contribution in [0.4, 0.5) is 17.5 Å². The average Bonchev–Trinajstić information content (AvgIpc) is 3.32. The molecule has 6 heteroatoms. The van der Waals surface area contributed by atoms with E-state index in [0.717, 1.165) is 59.5 Å². The van der Waals surface area contributed by atoms with Gasteiger partial charge in [0.25, 0.3) is 0 Å². The standard InChI is InChI=1S/C30H25N5O/c31-20-23-26(21-12-4-1-5-13-21)27(22-14-6-2-7-15-22)36-30(23)34-28-29(35-18-10-3-11-19-35)33-25-17-9-8-16-24(25)32-28/h1-2,4-9,12-17H,3,10-11,18-19H2,(H,32,34). The number of piperidine rings is 1. The number of nitriles is 1. The molecule has 0 atom stereocenters. The Labute approximate surface area is 209 Å². The second-order valence-corrected chi connectivity index (χ2v) is 8.91. The molecule has 1 fully saturated rings. The van der Waals surface area contributed by atoms with Gasteiger partial charge in [-0.25, -0.2) is 9.97 Å². The molecule has 6 rings (SSSR count). The third kappa shape index (κ3) is 4.05. The molecule has 3 aromatic carbocycles. The van der Waals surface area contributed by atoms with Crippen LogP contribution in [0.3, 0.4) is 0 Å². The van der Waals surface area contributed by atoms with Crippen molar-refractivity contribution in [2.45, 2.75) is 19.3 Å². The fourth-order valence-electron chi connectivity index (χ4n) is 4.81. The molecule has 3 heterocycles. The average molecular weight is 472 g/mol. The van der Waals surface area contributed by atoms with Crippen LogP contribution in [0.25, 0.3) is 33.5 Å². The zero-order valence-corrected chi connectivity index (χ0v) is 19.8. The summed E-state index contributed by atoms with van der Waals surface area (Å²) in [5.74, 6) is 2.41. The summed E-state index contributed by atoms with van der Waals surface area (Å²) >= 11 is 0. The van der Waals surface area contributed by atoms with Crippen LogP contribution in [-0.4, -0.2) is 23.1 Å². The maximum atomic E-state index is 10.3. The van der Waals surface area contributed by atoms with Gasteiger partial charge >= 0.3 is 0 Å². The molecule has 2 aromatic heterocycles. The van der Waals surface area contributed by atoms with Crippen LogP contribution in [0.2, 0.25) is 0 Å². The minimum atomic E-state index is 0.373. The van der Waals surface area contributed by atoms with Crippen molar-refractivity contribution >= 4 is 28.6 Å². The summed E-state index contributed by atoms with van der Waals surface area (Å²) in [6.45, 7) is 1.85. The van der Waals surface area contributed by atoms with E-state index >= 15 is 0 Å². The molecule has 0 radical (unpaired) electrons. The smallest absolute Gasteiger partial charge is 0.217 e. The van der Waals surface area contributed by atoms with E-state index in [1.165, 1.54) is 6.42 Å². The van der Waals surface area contributed by atoms with Crippen molar-refractivity contribution in [1.82, 2.24) is 9.97 Å². The number of hydrogen-bond donors (Lipinski definition) is 1. The molecule has 0 unspecified atom stereocenters. The van der Waals surface area contributed by atoms with Crippen molar-refractivity contribution in [3.63, 3.8) is 0 Å². The van der Waals surface area contributed by atoms with E-state index in [1.54, 1.807) is 0 Å². The molecule has 0 spiro atoms. The Morgan fingerprint density at radius 3 is 2.03 bits per heavy atom. The predicted octanol–water partition coefficient (Wildman–Crippen LogP) is 7.16. The molecule has 5 aromatic rings. The van der Waals surface area contributed by atoms with E-state index < -0.39 is 0 Å². The molecule has 1 aliphatic rings. The van der Waals surface area contributed by atoms with Gasteiger partial charge < -0.3 is 14.6 Å². The minimum absolute atomic E-state index is 0.373. The highest BCUT2D eigenvalue weighted by atomic mass is 16.4. The van der Waals surface area contributed by atoms with Crippen molar-refractivity contribution in [3.8, 4) is 28.5 Å². The van der Waals surface area contributed by atoms with Crippen LogP contribution in [0.15, 0.2) is 89.3 Å². The molecule has 176 valence electrons. The summed E-state index contributed by atoms with van der Waals surface area (Å²) in [7, 11) is 0. The van der Waals surface area contributed by atoms with Crippen LogP contribution in [0.5, 0.6) is 0 Å². The summed E-state index contributed by atoms with van der Waals surface area (Å²) in [5, 5.41) is 13.7. The Bertz CT molecular complexity index is 1550. The van der Waals surface area contributed by atoms with Gasteiger partial charge in [0.2, 0.25) is 5.88 Å². The first-order valence-corrected chi connectivity index (χ1v) is 12.3. The van der Waals surface area contributed by atoms with E-state index in [-0.39, 0.29) is 0 Å². The van der Waals surface area contributed by atoms with Gasteiger partial charge in [0.15, 0.2) is 11.6 Å². The predicted molar refractivity (Wildman–Crippen MR) is 143 cm³/mol. The van der Waals surface area contributed by atoms with E-state index in [1.807, 2.05) is 84.9 Å². The fraction of sp³-hybridized carbons (Fsp3) is 0.167. The monoisotopic (exact) mass is 471 g/mol. The first kappa shape index (κ1) is 21.9. The van der Waals surface area contributed by atoms with Crippen LogP contribution in [-0.2, 0) is 0 Å². The third-order valence-electron chi connectivity index (χ3n) is 6.56. The van der Waals surface area contributed by atoms with Crippen LogP contribution < -0.4 is 10.2 Å². The summed E-state index contributed by atoms with van der Waals surface area (Å²) in [4.78, 5) is 12.2. The number of aromatic nitrogens is 2. The molecular formula is C30H25N5O. The molecule has 36 heavy (non-hydrogen) atoms. The highest BCUT2D eigenvalue weighted by molar-refractivity contribution is 5.90. The van der Waals surface area contributed by atoms with Gasteiger partial charge in [-0.2, -0.15) is 5.26 Å². The normalized spacial score (nSPS) is 13.5. The zero-order chi connectivity index (χ0) is 24.3. The van der Waals surface area contributed by atoms with Gasteiger partial charge in [0.1, 0.15) is 17.4 Å². The van der Waals surface area contributed by atoms with E-state index in [0.29, 0.717) is 23.0 Å². The largest absolute Gasteiger partial charge is 0.438 e. The van der Waals surface area contributed by atoms with Gasteiger partial charge in [0, 0.05) is 24.2 Å². The Morgan fingerprint density at radius 2 is 1.36 bits per heavy atom. The number of nitrogens with one attached hydrogen (secondary N) is 1. The van der Waals surface area contributed by atoms with Gasteiger partial charge in [-0.3, -0.25) is 0 Å². The van der Waals surface area contributed by atoms with E-state index in [2.05, 4.69) is 16.3 Å². The van der Waals surface area contributed by atoms with Gasteiger partial charge in [-0.05, 0) is 37.0 Å². The van der Waals surface area contributed by atoms with Crippen LogP contribution >= 0.6 is 0 Å². The Morgan fingerprint density at radius 1 is 0.750 bits per heavy atom. The summed E-state index contributed by atoms with van der Waals surface area (Å²) < 4.78 is 6.42. The van der Waals surface area contributed by atoms with Crippen molar-refractivity contribution in [2.75, 3.05) is 23.3 Å². The Kier molecular flexibility index (Phi) is 5.80. The van der Waals surface area contributed by atoms with Crippen molar-refractivity contribution in [3.05, 3.63) is 90.5 Å². The fourth-order valence-corrected chi connectivity index (χ4v) is 4.81. The second-order valence-electron chi connectivity index (χ2n) is 8.91. The molecule has 0 bridgehead atoms. The number of furan rings is 1. The quantitative estimate of drug-likeness (QED) is 0.293.